The smallest absolute Gasteiger partial charge is 0.240 e. The zero-order valence-electron chi connectivity index (χ0n) is 17.3. The van der Waals surface area contributed by atoms with Gasteiger partial charge in [0, 0.05) is 31.5 Å². The Bertz CT molecular complexity index is 1010. The van der Waals surface area contributed by atoms with Gasteiger partial charge in [0.15, 0.2) is 5.78 Å². The third-order valence-electron chi connectivity index (χ3n) is 4.78. The van der Waals surface area contributed by atoms with Crippen molar-refractivity contribution in [2.45, 2.75) is 45.4 Å². The van der Waals surface area contributed by atoms with E-state index in [2.05, 4.69) is 10.0 Å². The number of carbonyl (C=O) groups is 2. The molecule has 0 unspecified atom stereocenters. The molecule has 0 radical (unpaired) electrons. The van der Waals surface area contributed by atoms with Gasteiger partial charge in [-0.3, -0.25) is 9.59 Å². The Balaban J connectivity index is 1.77. The van der Waals surface area contributed by atoms with Crippen molar-refractivity contribution >= 4 is 21.7 Å². The van der Waals surface area contributed by atoms with E-state index < -0.39 is 10.0 Å². The molecule has 2 rings (SSSR count). The van der Waals surface area contributed by atoms with Gasteiger partial charge in [-0.2, -0.15) is 0 Å². The zero-order chi connectivity index (χ0) is 21.6. The van der Waals surface area contributed by atoms with E-state index in [4.69, 9.17) is 0 Å². The summed E-state index contributed by atoms with van der Waals surface area (Å²) < 4.78 is 27.3. The first-order valence-electron chi connectivity index (χ1n) is 9.54. The molecule has 0 aliphatic rings. The number of benzene rings is 2. The van der Waals surface area contributed by atoms with E-state index in [0.717, 1.165) is 16.7 Å². The van der Waals surface area contributed by atoms with Gasteiger partial charge in [-0.15, -0.1) is 0 Å². The molecule has 0 aliphatic heterocycles. The largest absolute Gasteiger partial charge is 0.355 e. The standard InChI is InChI=1S/C22H28N2O4S/c1-15-5-6-17(3)21(13-15)29(27,28)24-12-11-23-22(26)10-9-20(25)19-8-7-16(2)18(4)14-19/h5-8,13-14,24H,9-12H2,1-4H3,(H,23,26). The number of amides is 1. The quantitative estimate of drug-likeness (QED) is 0.486. The number of nitrogens with one attached hydrogen (secondary N) is 2. The fraction of sp³-hybridized carbons (Fsp3) is 0.364. The summed E-state index contributed by atoms with van der Waals surface area (Å²) in [5, 5.41) is 2.64. The predicted molar refractivity (Wildman–Crippen MR) is 114 cm³/mol. The lowest BCUT2D eigenvalue weighted by molar-refractivity contribution is -0.121. The molecule has 0 saturated carbocycles. The number of ketones is 1. The molecule has 0 heterocycles. The van der Waals surface area contributed by atoms with Crippen LogP contribution in [-0.4, -0.2) is 33.2 Å². The van der Waals surface area contributed by atoms with Gasteiger partial charge < -0.3 is 5.32 Å². The number of hydrogen-bond acceptors (Lipinski definition) is 4. The van der Waals surface area contributed by atoms with Crippen LogP contribution < -0.4 is 10.0 Å². The summed E-state index contributed by atoms with van der Waals surface area (Å²) in [6.07, 6.45) is 0.179. The van der Waals surface area contributed by atoms with Crippen LogP contribution in [0, 0.1) is 27.7 Å². The van der Waals surface area contributed by atoms with Crippen LogP contribution in [0.1, 0.15) is 45.5 Å². The van der Waals surface area contributed by atoms with Crippen LogP contribution in [0.5, 0.6) is 0 Å². The molecule has 6 nitrogen and oxygen atoms in total. The average molecular weight is 417 g/mol. The minimum atomic E-state index is -3.64. The summed E-state index contributed by atoms with van der Waals surface area (Å²) in [7, 11) is -3.64. The molecule has 0 spiro atoms. The molecule has 7 heteroatoms. The molecular formula is C22H28N2O4S. The minimum absolute atomic E-state index is 0.0650. The second kappa shape index (κ2) is 9.80. The Labute approximate surface area is 172 Å². The molecule has 1 amide bonds. The van der Waals surface area contributed by atoms with Crippen LogP contribution in [0.3, 0.4) is 0 Å². The highest BCUT2D eigenvalue weighted by atomic mass is 32.2. The Kier molecular flexibility index (Phi) is 7.70. The summed E-state index contributed by atoms with van der Waals surface area (Å²) in [5.41, 5.74) is 4.27. The maximum absolute atomic E-state index is 12.4. The first-order valence-corrected chi connectivity index (χ1v) is 11.0. The highest BCUT2D eigenvalue weighted by molar-refractivity contribution is 7.89. The van der Waals surface area contributed by atoms with Crippen molar-refractivity contribution in [3.05, 3.63) is 64.2 Å². The van der Waals surface area contributed by atoms with E-state index in [1.165, 1.54) is 0 Å². The maximum Gasteiger partial charge on any atom is 0.240 e. The van der Waals surface area contributed by atoms with Crippen LogP contribution in [-0.2, 0) is 14.8 Å². The van der Waals surface area contributed by atoms with E-state index in [0.29, 0.717) is 11.1 Å². The highest BCUT2D eigenvalue weighted by Crippen LogP contribution is 2.16. The van der Waals surface area contributed by atoms with Gasteiger partial charge in [0.25, 0.3) is 0 Å². The fourth-order valence-corrected chi connectivity index (χ4v) is 4.20. The van der Waals surface area contributed by atoms with Gasteiger partial charge in [-0.05, 0) is 62.1 Å². The molecule has 2 aromatic carbocycles. The number of carbonyl (C=O) groups excluding carboxylic acids is 2. The topological polar surface area (TPSA) is 92.3 Å². The lowest BCUT2D eigenvalue weighted by Gasteiger charge is -2.11. The number of aryl methyl sites for hydroxylation is 4. The van der Waals surface area contributed by atoms with Crippen molar-refractivity contribution in [2.24, 2.45) is 0 Å². The van der Waals surface area contributed by atoms with Crippen molar-refractivity contribution in [3.8, 4) is 0 Å². The van der Waals surface area contributed by atoms with Gasteiger partial charge in [0.2, 0.25) is 15.9 Å². The van der Waals surface area contributed by atoms with Crippen molar-refractivity contribution in [2.75, 3.05) is 13.1 Å². The summed E-state index contributed by atoms with van der Waals surface area (Å²) in [6, 6.07) is 10.7. The number of sulfonamides is 1. The molecule has 2 aromatic rings. The van der Waals surface area contributed by atoms with Crippen LogP contribution in [0.25, 0.3) is 0 Å². The third-order valence-corrected chi connectivity index (χ3v) is 6.38. The Morgan fingerprint density at radius 3 is 2.21 bits per heavy atom. The Morgan fingerprint density at radius 2 is 1.52 bits per heavy atom. The highest BCUT2D eigenvalue weighted by Gasteiger charge is 2.16. The molecule has 2 N–H and O–H groups in total. The van der Waals surface area contributed by atoms with E-state index in [-0.39, 0.29) is 42.5 Å². The van der Waals surface area contributed by atoms with E-state index in [1.807, 2.05) is 39.0 Å². The van der Waals surface area contributed by atoms with Crippen LogP contribution >= 0.6 is 0 Å². The van der Waals surface area contributed by atoms with Crippen LogP contribution in [0.15, 0.2) is 41.3 Å². The molecule has 0 saturated heterocycles. The average Bonchev–Trinajstić information content (AvgIpc) is 2.67. The van der Waals surface area contributed by atoms with E-state index >= 15 is 0 Å². The second-order valence-corrected chi connectivity index (χ2v) is 8.97. The monoisotopic (exact) mass is 416 g/mol. The first-order chi connectivity index (χ1) is 13.6. The number of hydrogen-bond donors (Lipinski definition) is 2. The van der Waals surface area contributed by atoms with E-state index in [1.54, 1.807) is 25.1 Å². The molecule has 0 aromatic heterocycles. The van der Waals surface area contributed by atoms with Gasteiger partial charge >= 0.3 is 0 Å². The molecule has 29 heavy (non-hydrogen) atoms. The summed E-state index contributed by atoms with van der Waals surface area (Å²) in [6.45, 7) is 7.72. The minimum Gasteiger partial charge on any atom is -0.355 e. The summed E-state index contributed by atoms with van der Waals surface area (Å²) in [5.74, 6) is -0.369. The second-order valence-electron chi connectivity index (χ2n) is 7.24. The van der Waals surface area contributed by atoms with Crippen molar-refractivity contribution < 1.29 is 18.0 Å². The molecule has 0 atom stereocenters. The van der Waals surface area contributed by atoms with Gasteiger partial charge in [0.1, 0.15) is 0 Å². The third kappa shape index (κ3) is 6.51. The predicted octanol–water partition coefficient (Wildman–Crippen LogP) is 2.98. The summed E-state index contributed by atoms with van der Waals surface area (Å²) >= 11 is 0. The zero-order valence-corrected chi connectivity index (χ0v) is 18.2. The fourth-order valence-electron chi connectivity index (χ4n) is 2.84. The van der Waals surface area contributed by atoms with E-state index in [9.17, 15) is 18.0 Å². The SMILES string of the molecule is Cc1ccc(C)c(S(=O)(=O)NCCNC(=O)CCC(=O)c2ccc(C)c(C)c2)c1. The van der Waals surface area contributed by atoms with Gasteiger partial charge in [-0.1, -0.05) is 24.3 Å². The van der Waals surface area contributed by atoms with Crippen LogP contribution in [0.4, 0.5) is 0 Å². The molecular weight excluding hydrogens is 388 g/mol. The Morgan fingerprint density at radius 1 is 0.828 bits per heavy atom. The molecule has 0 bridgehead atoms. The lowest BCUT2D eigenvalue weighted by atomic mass is 10.0. The normalized spacial score (nSPS) is 11.3. The van der Waals surface area contributed by atoms with Crippen molar-refractivity contribution in [1.29, 1.82) is 0 Å². The maximum atomic E-state index is 12.4. The summed E-state index contributed by atoms with van der Waals surface area (Å²) in [4.78, 5) is 24.4. The lowest BCUT2D eigenvalue weighted by Crippen LogP contribution is -2.35. The van der Waals surface area contributed by atoms with Crippen LogP contribution in [0.2, 0.25) is 0 Å². The number of rotatable bonds is 9. The van der Waals surface area contributed by atoms with Gasteiger partial charge in [-0.25, -0.2) is 13.1 Å². The van der Waals surface area contributed by atoms with Crippen molar-refractivity contribution in [1.82, 2.24) is 10.0 Å². The molecule has 0 aliphatic carbocycles. The molecule has 0 fully saturated rings. The molecule has 156 valence electrons. The number of Topliss-reactive ketones (excluding diaryl/α,β-unsaturated/α-hetero) is 1. The van der Waals surface area contributed by atoms with Crippen molar-refractivity contribution in [3.63, 3.8) is 0 Å². The van der Waals surface area contributed by atoms with Gasteiger partial charge in [0.05, 0.1) is 4.90 Å². The first kappa shape index (κ1) is 22.8. The Hall–Kier alpha value is -2.51.